The molecule has 1 aromatic carbocycles. The molecule has 0 radical (unpaired) electrons. The van der Waals surface area contributed by atoms with Gasteiger partial charge in [0, 0.05) is 6.07 Å². The monoisotopic (exact) mass is 270 g/mol. The van der Waals surface area contributed by atoms with Gasteiger partial charge >= 0.3 is 0 Å². The zero-order valence-electron chi connectivity index (χ0n) is 9.98. The fourth-order valence-electron chi connectivity index (χ4n) is 1.25. The number of nitrogens with zero attached hydrogens (tertiary/aromatic N) is 1. The fourth-order valence-corrected chi connectivity index (χ4v) is 1.25. The molecule has 104 valence electrons. The molecule has 0 saturated carbocycles. The minimum Gasteiger partial charge on any atom is -0.484 e. The van der Waals surface area contributed by atoms with Gasteiger partial charge in [-0.05, 0) is 6.07 Å². The third-order valence-corrected chi connectivity index (χ3v) is 2.20. The summed E-state index contributed by atoms with van der Waals surface area (Å²) in [5.41, 5.74) is -0.137. The van der Waals surface area contributed by atoms with Crippen LogP contribution in [-0.2, 0) is 4.79 Å². The molecule has 0 aliphatic carbocycles. The Morgan fingerprint density at radius 3 is 2.68 bits per heavy atom. The van der Waals surface area contributed by atoms with Gasteiger partial charge in [0.1, 0.15) is 5.75 Å². The Kier molecular flexibility index (Phi) is 5.71. The number of hydrogen-bond acceptors (Lipinski definition) is 6. The molecular weight excluding hydrogens is 256 g/mol. The molecule has 0 spiro atoms. The zero-order chi connectivity index (χ0) is 14.3. The van der Waals surface area contributed by atoms with Crippen LogP contribution >= 0.6 is 0 Å². The van der Waals surface area contributed by atoms with Crippen LogP contribution in [-0.4, -0.2) is 46.9 Å². The van der Waals surface area contributed by atoms with Crippen molar-refractivity contribution in [1.29, 1.82) is 0 Å². The fraction of sp³-hybridized carbons (Fsp3) is 0.364. The van der Waals surface area contributed by atoms with Gasteiger partial charge in [-0.1, -0.05) is 6.07 Å². The zero-order valence-corrected chi connectivity index (χ0v) is 9.98. The van der Waals surface area contributed by atoms with Gasteiger partial charge in [0.25, 0.3) is 11.6 Å². The summed E-state index contributed by atoms with van der Waals surface area (Å²) in [5.74, 6) is -0.353. The Morgan fingerprint density at radius 1 is 1.42 bits per heavy atom. The average Bonchev–Trinajstić information content (AvgIpc) is 2.42. The van der Waals surface area contributed by atoms with E-state index in [0.717, 1.165) is 0 Å². The number of ether oxygens (including phenoxy) is 1. The number of amides is 1. The van der Waals surface area contributed by atoms with Crippen LogP contribution in [0.3, 0.4) is 0 Å². The number of carbonyl (C=O) groups is 1. The lowest BCUT2D eigenvalue weighted by molar-refractivity contribution is -0.384. The third-order valence-electron chi connectivity index (χ3n) is 2.20. The van der Waals surface area contributed by atoms with E-state index in [9.17, 15) is 14.9 Å². The van der Waals surface area contributed by atoms with Gasteiger partial charge in [0.2, 0.25) is 0 Å². The molecule has 8 nitrogen and oxygen atoms in total. The Hall–Kier alpha value is -2.19. The van der Waals surface area contributed by atoms with E-state index in [0.29, 0.717) is 0 Å². The maximum atomic E-state index is 11.4. The number of nitro groups is 1. The molecule has 1 amide bonds. The lowest BCUT2D eigenvalue weighted by Gasteiger charge is -2.13. The van der Waals surface area contributed by atoms with E-state index in [4.69, 9.17) is 14.9 Å². The predicted octanol–water partition coefficient (Wildman–Crippen LogP) is -0.557. The molecule has 0 heterocycles. The highest BCUT2D eigenvalue weighted by Gasteiger charge is 2.11. The number of aliphatic hydroxyl groups excluding tert-OH is 2. The number of rotatable bonds is 7. The Bertz CT molecular complexity index is 447. The Morgan fingerprint density at radius 2 is 2.11 bits per heavy atom. The van der Waals surface area contributed by atoms with E-state index in [-0.39, 0.29) is 31.3 Å². The van der Waals surface area contributed by atoms with Crippen molar-refractivity contribution in [3.63, 3.8) is 0 Å². The van der Waals surface area contributed by atoms with Crippen LogP contribution in [0.25, 0.3) is 0 Å². The lowest BCUT2D eigenvalue weighted by Crippen LogP contribution is -2.42. The molecule has 0 aromatic heterocycles. The summed E-state index contributed by atoms with van der Waals surface area (Å²) in [7, 11) is 0. The normalized spacial score (nSPS) is 10.3. The van der Waals surface area contributed by atoms with Crippen LogP contribution in [0.15, 0.2) is 24.3 Å². The first-order valence-corrected chi connectivity index (χ1v) is 5.45. The molecule has 0 atom stereocenters. The predicted molar refractivity (Wildman–Crippen MR) is 64.7 cm³/mol. The summed E-state index contributed by atoms with van der Waals surface area (Å²) >= 11 is 0. The first-order chi connectivity index (χ1) is 9.06. The number of carbonyl (C=O) groups excluding carboxylic acids is 1. The number of non-ortho nitro benzene ring substituents is 1. The maximum absolute atomic E-state index is 11.4. The number of nitro benzene ring substituents is 1. The highest BCUT2D eigenvalue weighted by Crippen LogP contribution is 2.18. The smallest absolute Gasteiger partial charge is 0.273 e. The number of nitrogens with one attached hydrogen (secondary N) is 1. The van der Waals surface area contributed by atoms with E-state index < -0.39 is 16.9 Å². The van der Waals surface area contributed by atoms with Gasteiger partial charge in [-0.25, -0.2) is 0 Å². The summed E-state index contributed by atoms with van der Waals surface area (Å²) < 4.78 is 5.07. The molecule has 0 saturated heterocycles. The second kappa shape index (κ2) is 7.29. The van der Waals surface area contributed by atoms with Crippen LogP contribution in [0.5, 0.6) is 5.75 Å². The molecule has 1 rings (SSSR count). The summed E-state index contributed by atoms with van der Waals surface area (Å²) in [6, 6.07) is 4.68. The summed E-state index contributed by atoms with van der Waals surface area (Å²) in [6.07, 6.45) is 0. The summed E-state index contributed by atoms with van der Waals surface area (Å²) in [6.45, 7) is -1.14. The second-order valence-electron chi connectivity index (χ2n) is 3.67. The van der Waals surface area contributed by atoms with E-state index in [1.165, 1.54) is 24.3 Å². The number of aliphatic hydroxyl groups is 2. The highest BCUT2D eigenvalue weighted by molar-refractivity contribution is 5.77. The quantitative estimate of drug-likeness (QED) is 0.451. The van der Waals surface area contributed by atoms with Crippen molar-refractivity contribution < 1.29 is 24.7 Å². The van der Waals surface area contributed by atoms with Crippen LogP contribution in [0.2, 0.25) is 0 Å². The third kappa shape index (κ3) is 4.90. The molecule has 8 heteroatoms. The van der Waals surface area contributed by atoms with Gasteiger partial charge in [-0.3, -0.25) is 14.9 Å². The second-order valence-corrected chi connectivity index (χ2v) is 3.67. The minimum absolute atomic E-state index is 0.137. The Balaban J connectivity index is 2.50. The van der Waals surface area contributed by atoms with Crippen molar-refractivity contribution in [2.75, 3.05) is 19.8 Å². The van der Waals surface area contributed by atoms with Crippen LogP contribution < -0.4 is 10.1 Å². The van der Waals surface area contributed by atoms with Crippen molar-refractivity contribution in [2.45, 2.75) is 6.04 Å². The van der Waals surface area contributed by atoms with E-state index in [1.807, 2.05) is 0 Å². The van der Waals surface area contributed by atoms with Crippen molar-refractivity contribution in [3.05, 3.63) is 34.4 Å². The van der Waals surface area contributed by atoms with E-state index in [2.05, 4.69) is 5.32 Å². The molecule has 0 bridgehead atoms. The average molecular weight is 270 g/mol. The van der Waals surface area contributed by atoms with Gasteiger partial charge in [0.05, 0.1) is 30.2 Å². The largest absolute Gasteiger partial charge is 0.484 e. The molecule has 0 aliphatic heterocycles. The molecule has 19 heavy (non-hydrogen) atoms. The summed E-state index contributed by atoms with van der Waals surface area (Å²) in [5, 5.41) is 30.4. The van der Waals surface area contributed by atoms with Crippen LogP contribution in [0, 0.1) is 10.1 Å². The lowest BCUT2D eigenvalue weighted by atomic mass is 10.3. The van der Waals surface area contributed by atoms with Crippen LogP contribution in [0.4, 0.5) is 5.69 Å². The first-order valence-electron chi connectivity index (χ1n) is 5.45. The Labute approximate surface area is 108 Å². The topological polar surface area (TPSA) is 122 Å². The molecule has 0 fully saturated rings. The van der Waals surface area contributed by atoms with Crippen molar-refractivity contribution in [3.8, 4) is 5.75 Å². The van der Waals surface area contributed by atoms with Crippen molar-refractivity contribution >= 4 is 11.6 Å². The standard InChI is InChI=1S/C11H14N2O6/c14-5-8(6-15)12-11(16)7-19-10-3-1-2-9(4-10)13(17)18/h1-4,8,14-15H,5-7H2,(H,12,16). The molecule has 1 aromatic rings. The molecule has 3 N–H and O–H groups in total. The first kappa shape index (κ1) is 14.9. The molecule has 0 aliphatic rings. The maximum Gasteiger partial charge on any atom is 0.273 e. The molecule has 0 unspecified atom stereocenters. The van der Waals surface area contributed by atoms with Gasteiger partial charge < -0.3 is 20.3 Å². The van der Waals surface area contributed by atoms with Gasteiger partial charge in [0.15, 0.2) is 6.61 Å². The highest BCUT2D eigenvalue weighted by atomic mass is 16.6. The van der Waals surface area contributed by atoms with E-state index in [1.54, 1.807) is 0 Å². The minimum atomic E-state index is -0.749. The van der Waals surface area contributed by atoms with Crippen molar-refractivity contribution in [1.82, 2.24) is 5.32 Å². The van der Waals surface area contributed by atoms with E-state index >= 15 is 0 Å². The van der Waals surface area contributed by atoms with Gasteiger partial charge in [-0.2, -0.15) is 0 Å². The molecular formula is C11H14N2O6. The number of hydrogen-bond donors (Lipinski definition) is 3. The SMILES string of the molecule is O=C(COc1cccc([N+](=O)[O-])c1)NC(CO)CO. The summed E-state index contributed by atoms with van der Waals surface area (Å²) in [4.78, 5) is 21.3. The number of benzene rings is 1. The van der Waals surface area contributed by atoms with Gasteiger partial charge in [-0.15, -0.1) is 0 Å². The van der Waals surface area contributed by atoms with Crippen LogP contribution in [0.1, 0.15) is 0 Å². The van der Waals surface area contributed by atoms with Crippen molar-refractivity contribution in [2.24, 2.45) is 0 Å².